The van der Waals surface area contributed by atoms with E-state index in [1.807, 2.05) is 19.9 Å². The zero-order chi connectivity index (χ0) is 18.7. The molecule has 3 rings (SSSR count). The van der Waals surface area contributed by atoms with Crippen LogP contribution in [0, 0.1) is 0 Å². The highest BCUT2D eigenvalue weighted by molar-refractivity contribution is 6.39. The number of rotatable bonds is 4. The van der Waals surface area contributed by atoms with Crippen molar-refractivity contribution in [2.45, 2.75) is 20.0 Å². The number of hydrogen-bond acceptors (Lipinski definition) is 4. The van der Waals surface area contributed by atoms with Crippen molar-refractivity contribution in [1.29, 1.82) is 0 Å². The van der Waals surface area contributed by atoms with Gasteiger partial charge in [0, 0.05) is 5.56 Å². The van der Waals surface area contributed by atoms with Crippen molar-refractivity contribution >= 4 is 29.6 Å². The topological polar surface area (TPSA) is 75.7 Å². The van der Waals surface area contributed by atoms with Gasteiger partial charge in [0.2, 0.25) is 0 Å². The van der Waals surface area contributed by atoms with Crippen LogP contribution in [0.5, 0.6) is 5.75 Å². The average molecular weight is 350 g/mol. The maximum absolute atomic E-state index is 12.8. The van der Waals surface area contributed by atoms with Crippen LogP contribution in [0.2, 0.25) is 0 Å². The van der Waals surface area contributed by atoms with Crippen LogP contribution in [-0.4, -0.2) is 23.9 Å². The summed E-state index contributed by atoms with van der Waals surface area (Å²) in [6.07, 6.45) is 1.38. The minimum atomic E-state index is -0.768. The summed E-state index contributed by atoms with van der Waals surface area (Å²) in [5, 5.41) is 2.21. The molecule has 1 fully saturated rings. The molecule has 0 unspecified atom stereocenters. The van der Waals surface area contributed by atoms with Crippen molar-refractivity contribution in [2.24, 2.45) is 0 Å². The number of carbonyl (C=O) groups is 3. The highest BCUT2D eigenvalue weighted by atomic mass is 16.5. The van der Waals surface area contributed by atoms with E-state index in [1.165, 1.54) is 6.08 Å². The average Bonchev–Trinajstić information content (AvgIpc) is 2.60. The Labute approximate surface area is 151 Å². The summed E-state index contributed by atoms with van der Waals surface area (Å²) in [5.74, 6) is -0.852. The van der Waals surface area contributed by atoms with E-state index in [0.717, 1.165) is 4.90 Å². The number of benzene rings is 2. The molecule has 6 heteroatoms. The zero-order valence-electron chi connectivity index (χ0n) is 14.4. The van der Waals surface area contributed by atoms with Crippen LogP contribution >= 0.6 is 0 Å². The summed E-state index contributed by atoms with van der Waals surface area (Å²) < 4.78 is 5.72. The Morgan fingerprint density at radius 2 is 1.62 bits per heavy atom. The Bertz CT molecular complexity index is 888. The Kier molecular flexibility index (Phi) is 4.84. The molecule has 1 aliphatic heterocycles. The molecule has 0 atom stereocenters. The van der Waals surface area contributed by atoms with Gasteiger partial charge in [-0.05, 0) is 38.1 Å². The van der Waals surface area contributed by atoms with E-state index in [1.54, 1.807) is 48.5 Å². The summed E-state index contributed by atoms with van der Waals surface area (Å²) in [6.45, 7) is 3.77. The Morgan fingerprint density at radius 3 is 2.31 bits per heavy atom. The summed E-state index contributed by atoms with van der Waals surface area (Å²) in [4.78, 5) is 38.2. The molecule has 1 N–H and O–H groups in total. The number of urea groups is 1. The van der Waals surface area contributed by atoms with Crippen LogP contribution in [0.4, 0.5) is 10.5 Å². The lowest BCUT2D eigenvalue weighted by molar-refractivity contribution is -0.122. The molecule has 0 aromatic heterocycles. The molecule has 0 spiro atoms. The number of imide groups is 2. The van der Waals surface area contributed by atoms with Gasteiger partial charge in [-0.2, -0.15) is 0 Å². The predicted octanol–water partition coefficient (Wildman–Crippen LogP) is 3.14. The number of carbonyl (C=O) groups excluding carboxylic acids is 3. The standard InChI is InChI=1S/C20H18N2O4/c1-13(2)26-17-11-7-6-8-14(17)12-16-18(23)21-20(25)22(19(16)24)15-9-4-3-5-10-15/h3-13H,1-2H3,(H,21,23,25)/b16-12+. The summed E-state index contributed by atoms with van der Waals surface area (Å²) >= 11 is 0. The van der Waals surface area contributed by atoms with E-state index in [9.17, 15) is 14.4 Å². The third-order valence-corrected chi connectivity index (χ3v) is 3.70. The maximum atomic E-state index is 12.8. The lowest BCUT2D eigenvalue weighted by Crippen LogP contribution is -2.54. The van der Waals surface area contributed by atoms with Crippen LogP contribution < -0.4 is 15.0 Å². The number of amides is 4. The van der Waals surface area contributed by atoms with Crippen molar-refractivity contribution in [1.82, 2.24) is 5.32 Å². The minimum Gasteiger partial charge on any atom is -0.490 e. The van der Waals surface area contributed by atoms with Crippen LogP contribution in [-0.2, 0) is 9.59 Å². The predicted molar refractivity (Wildman–Crippen MR) is 97.6 cm³/mol. The van der Waals surface area contributed by atoms with E-state index in [0.29, 0.717) is 17.0 Å². The first-order valence-electron chi connectivity index (χ1n) is 8.19. The molecule has 132 valence electrons. The van der Waals surface area contributed by atoms with Gasteiger partial charge in [0.15, 0.2) is 0 Å². The maximum Gasteiger partial charge on any atom is 0.335 e. The molecule has 4 amide bonds. The third kappa shape index (κ3) is 3.49. The number of barbiturate groups is 1. The first kappa shape index (κ1) is 17.4. The highest BCUT2D eigenvalue weighted by Crippen LogP contribution is 2.25. The van der Waals surface area contributed by atoms with Crippen LogP contribution in [0.3, 0.4) is 0 Å². The van der Waals surface area contributed by atoms with Gasteiger partial charge in [-0.1, -0.05) is 36.4 Å². The molecule has 0 aliphatic carbocycles. The van der Waals surface area contributed by atoms with Crippen molar-refractivity contribution < 1.29 is 19.1 Å². The quantitative estimate of drug-likeness (QED) is 0.679. The van der Waals surface area contributed by atoms with E-state index in [2.05, 4.69) is 5.32 Å². The fourth-order valence-corrected chi connectivity index (χ4v) is 2.59. The first-order valence-corrected chi connectivity index (χ1v) is 8.19. The monoisotopic (exact) mass is 350 g/mol. The number of nitrogens with zero attached hydrogens (tertiary/aromatic N) is 1. The van der Waals surface area contributed by atoms with Crippen LogP contribution in [0.1, 0.15) is 19.4 Å². The molecular weight excluding hydrogens is 332 g/mol. The Morgan fingerprint density at radius 1 is 0.962 bits per heavy atom. The van der Waals surface area contributed by atoms with Crippen molar-refractivity contribution in [3.63, 3.8) is 0 Å². The van der Waals surface area contributed by atoms with E-state index in [4.69, 9.17) is 4.74 Å². The fraction of sp³-hybridized carbons (Fsp3) is 0.150. The number of para-hydroxylation sites is 2. The molecule has 0 bridgehead atoms. The van der Waals surface area contributed by atoms with Gasteiger partial charge in [-0.25, -0.2) is 9.69 Å². The molecule has 1 aliphatic rings. The molecule has 2 aromatic rings. The molecule has 0 saturated carbocycles. The smallest absolute Gasteiger partial charge is 0.335 e. The zero-order valence-corrected chi connectivity index (χ0v) is 14.4. The van der Waals surface area contributed by atoms with Gasteiger partial charge in [0.25, 0.3) is 11.8 Å². The fourth-order valence-electron chi connectivity index (χ4n) is 2.59. The van der Waals surface area contributed by atoms with Gasteiger partial charge in [-0.15, -0.1) is 0 Å². The molecule has 6 nitrogen and oxygen atoms in total. The van der Waals surface area contributed by atoms with Gasteiger partial charge >= 0.3 is 6.03 Å². The van der Waals surface area contributed by atoms with Crippen molar-refractivity contribution in [3.05, 3.63) is 65.7 Å². The number of ether oxygens (including phenoxy) is 1. The number of anilines is 1. The molecule has 1 heterocycles. The number of nitrogens with one attached hydrogen (secondary N) is 1. The van der Waals surface area contributed by atoms with E-state index < -0.39 is 17.8 Å². The van der Waals surface area contributed by atoms with Gasteiger partial charge in [-0.3, -0.25) is 14.9 Å². The van der Waals surface area contributed by atoms with E-state index in [-0.39, 0.29) is 11.7 Å². The molecule has 0 radical (unpaired) electrons. The Balaban J connectivity index is 2.02. The van der Waals surface area contributed by atoms with Gasteiger partial charge in [0.05, 0.1) is 11.8 Å². The first-order chi connectivity index (χ1) is 12.5. The van der Waals surface area contributed by atoms with Crippen molar-refractivity contribution in [3.8, 4) is 5.75 Å². The molecule has 2 aromatic carbocycles. The second-order valence-corrected chi connectivity index (χ2v) is 6.00. The van der Waals surface area contributed by atoms with Crippen molar-refractivity contribution in [2.75, 3.05) is 4.90 Å². The van der Waals surface area contributed by atoms with E-state index >= 15 is 0 Å². The largest absolute Gasteiger partial charge is 0.490 e. The van der Waals surface area contributed by atoms with Gasteiger partial charge in [0.1, 0.15) is 11.3 Å². The summed E-state index contributed by atoms with van der Waals surface area (Å²) in [5.41, 5.74) is 0.843. The molecular formula is C20H18N2O4. The normalized spacial score (nSPS) is 16.2. The van der Waals surface area contributed by atoms with Crippen LogP contribution in [0.15, 0.2) is 60.2 Å². The third-order valence-electron chi connectivity index (χ3n) is 3.70. The van der Waals surface area contributed by atoms with Gasteiger partial charge < -0.3 is 4.74 Å². The SMILES string of the molecule is CC(C)Oc1ccccc1/C=C1\C(=O)NC(=O)N(c2ccccc2)C1=O. The number of hydrogen-bond donors (Lipinski definition) is 1. The Hall–Kier alpha value is -3.41. The lowest BCUT2D eigenvalue weighted by Gasteiger charge is -2.26. The second-order valence-electron chi connectivity index (χ2n) is 6.00. The van der Waals surface area contributed by atoms with Crippen LogP contribution in [0.25, 0.3) is 6.08 Å². The summed E-state index contributed by atoms with van der Waals surface area (Å²) in [7, 11) is 0. The highest BCUT2D eigenvalue weighted by Gasteiger charge is 2.36. The minimum absolute atomic E-state index is 0.0622. The second kappa shape index (κ2) is 7.23. The summed E-state index contributed by atoms with van der Waals surface area (Å²) in [6, 6.07) is 14.8. The molecule has 26 heavy (non-hydrogen) atoms. The molecule has 1 saturated heterocycles. The lowest BCUT2D eigenvalue weighted by atomic mass is 10.1.